The number of aliphatic hydroxyl groups is 17. The third-order valence-electron chi connectivity index (χ3n) is 21.8. The van der Waals surface area contributed by atoms with Gasteiger partial charge in [0, 0.05) is 78.7 Å². The Morgan fingerprint density at radius 1 is 0.434 bits per heavy atom. The molecule has 16 unspecified atom stereocenters. The molecule has 1 aliphatic heterocycles. The van der Waals surface area contributed by atoms with Gasteiger partial charge in [0.2, 0.25) is 88.2 Å². The van der Waals surface area contributed by atoms with Crippen LogP contribution in [0.15, 0.2) is 199 Å². The number of H-pyrrole nitrogens is 2. The van der Waals surface area contributed by atoms with Crippen LogP contribution in [0.3, 0.4) is 0 Å². The molecule has 35 N–H and O–H groups in total. The number of aliphatic hydroxyl groups excluding tert-OH is 17. The van der Waals surface area contributed by atoms with Gasteiger partial charge in [0.05, 0.1) is 43.5 Å². The average molecular weight is 2010 g/mol. The highest BCUT2D eigenvalue weighted by molar-refractivity contribution is 8.00. The summed E-state index contributed by atoms with van der Waals surface area (Å²) < 4.78 is 0. The normalized spacial score (nSPS) is 23.1. The molecule has 770 valence electrons. The highest BCUT2D eigenvalue weighted by atomic mass is 32.2. The maximum atomic E-state index is 14.2. The van der Waals surface area contributed by atoms with Gasteiger partial charge < -0.3 is 144 Å². The summed E-state index contributed by atoms with van der Waals surface area (Å²) in [6.45, 7) is 2.76. The van der Waals surface area contributed by atoms with Crippen LogP contribution in [-0.4, -0.2) is 375 Å². The molecule has 3 heterocycles. The number of hydrazine groups is 1. The first-order valence-electron chi connectivity index (χ1n) is 44.7. The second-order valence-corrected chi connectivity index (χ2v) is 34.5. The van der Waals surface area contributed by atoms with Crippen LogP contribution in [0.5, 0.6) is 17.2 Å². The number of hydrogen-bond donors (Lipinski definition) is 33. The highest BCUT2D eigenvalue weighted by Crippen LogP contribution is 2.27. The standard InChI is InChI=1S/C92H120N24O26S/c1-44(2)74-87(138)109-62(31-47-17-23-52(120)24-18-47)81(132)108-66(36-71(93)124)85(136)114-75(45(3)118)88(139)105-60(16-10-30-99-92(96)97)80(131)110-68(41-117)78(129)102-40-72(125)103-64(34-50-38-100-57-13-7-5-11-55(50)57)82(133)104-59(15-9-29-98-91(94)95)79(130)107-65(35-51-39-101-58-14-8-6-12-56(51)58)83(134)106-63(32-48-19-25-53(121)26-20-48)84(135)113-76(46(4)119)89(140)111-69(90(141)142)42-143-43-70(123)77(128)61(37-73(126)127)115-116-67(86(137)112-74)33-49-21-27-54(122)28-22-49/h5-8,11-14,17-28,38-39,44-46,59-69,74-76,100-101,115-122H,9-10,15-16,29-37,40-43H2,1-4H3,(H2,93,124)(H,102,129)(H,103,125)(H,104,133)(H,105,139)(H,106,134)(H,107,130)(H,108,132)(H,109,138)(H,110,131)(H,111,140)(H,112,137)(H,113,135)(H,114,136)(H,126,127)(H,141,142)(H4,94,95,98)(H4,96,97,99). The van der Waals surface area contributed by atoms with Crippen LogP contribution in [0, 0.1) is 22.1 Å². The first kappa shape index (κ1) is 112. The second-order valence-electron chi connectivity index (χ2n) is 33.5. The molecule has 0 amide bonds. The SMILES string of the molecule is CC(C)C1N=C(O)C(Cc2ccc(O)cc2)NNC(CC(=O)O)C(=O)C(=O)CSCC(C(=O)O)N=C(O)C(C(C)O)N=C(O)C(Cc2ccc(O)cc2)N=C(O)C(Cc2c[nH]c3ccccc23)N=C(O)C(CCCNC(=N)N)N=C(O)C(Cc2c[nH]c3ccccc23)N=C(O)CN=C(O)C(CO)N=C(O)C(CCCNC(=N)N)N=C(O)C(C(C)O)N=C(O)C(CC(=N)O)N=C(O)C(Cc2ccc(O)cc2)N=C1O. The van der Waals surface area contributed by atoms with Crippen molar-refractivity contribution in [3.63, 3.8) is 0 Å². The Balaban J connectivity index is 1.33. The van der Waals surface area contributed by atoms with Gasteiger partial charge in [-0.05, 0) is 128 Å². The molecule has 0 saturated heterocycles. The van der Waals surface area contributed by atoms with E-state index >= 15 is 0 Å². The molecule has 8 rings (SSSR count). The van der Waals surface area contributed by atoms with Crippen molar-refractivity contribution in [1.29, 1.82) is 16.2 Å². The molecule has 16 atom stereocenters. The average Bonchev–Trinajstić information content (AvgIpc) is 1.65. The summed E-state index contributed by atoms with van der Waals surface area (Å²) in [6, 6.07) is 3.62. The van der Waals surface area contributed by atoms with Crippen LogP contribution < -0.4 is 33.0 Å². The van der Waals surface area contributed by atoms with Gasteiger partial charge in [-0.2, -0.15) is 11.8 Å². The first-order valence-corrected chi connectivity index (χ1v) is 45.9. The summed E-state index contributed by atoms with van der Waals surface area (Å²) in [5.41, 5.74) is 19.2. The molecular formula is C92H120N24O26S. The van der Waals surface area contributed by atoms with Crippen molar-refractivity contribution in [2.45, 2.75) is 195 Å². The van der Waals surface area contributed by atoms with Gasteiger partial charge in [0.25, 0.3) is 0 Å². The number of phenolic OH excluding ortho intramolecular Hbond substituents is 3. The number of Topliss-reactive ketones (excluding diaryl/α,β-unsaturated/α-hetero) is 2. The van der Waals surface area contributed by atoms with E-state index in [1.54, 1.807) is 60.9 Å². The number of ketones is 2. The molecule has 0 saturated carbocycles. The lowest BCUT2D eigenvalue weighted by molar-refractivity contribution is -0.142. The largest absolute Gasteiger partial charge is 0.508 e. The van der Waals surface area contributed by atoms with Gasteiger partial charge >= 0.3 is 11.9 Å². The molecule has 0 radical (unpaired) electrons. The number of carboxylic acid groups (broad SMARTS) is 2. The predicted octanol–water partition coefficient (Wildman–Crippen LogP) is 5.27. The predicted molar refractivity (Wildman–Crippen MR) is 540 cm³/mol. The number of aromatic hydroxyl groups is 3. The van der Waals surface area contributed by atoms with Gasteiger partial charge in [0.1, 0.15) is 78.2 Å². The monoisotopic (exact) mass is 2010 g/mol. The summed E-state index contributed by atoms with van der Waals surface area (Å²) in [5, 5.41) is 282. The van der Waals surface area contributed by atoms with E-state index in [0.29, 0.717) is 50.3 Å². The smallest absolute Gasteiger partial charge is 0.329 e. The van der Waals surface area contributed by atoms with E-state index < -0.39 is 271 Å². The lowest BCUT2D eigenvalue weighted by Gasteiger charge is -2.24. The maximum Gasteiger partial charge on any atom is 0.329 e. The Kier molecular flexibility index (Phi) is 42.9. The first-order chi connectivity index (χ1) is 67.8. The summed E-state index contributed by atoms with van der Waals surface area (Å²) in [5.74, 6) is -25.4. The Bertz CT molecular complexity index is 5960. The maximum absolute atomic E-state index is 14.2. The van der Waals surface area contributed by atoms with Crippen LogP contribution in [-0.2, 0) is 51.3 Å². The number of phenols is 3. The molecule has 0 fully saturated rings. The zero-order chi connectivity index (χ0) is 105. The fraction of sp³-hybridized carbons (Fsp3) is 0.413. The van der Waals surface area contributed by atoms with Gasteiger partial charge in [-0.3, -0.25) is 30.6 Å². The van der Waals surface area contributed by atoms with Crippen molar-refractivity contribution in [2.75, 3.05) is 37.7 Å². The molecule has 5 aromatic carbocycles. The Morgan fingerprint density at radius 2 is 0.811 bits per heavy atom. The lowest BCUT2D eigenvalue weighted by atomic mass is 10.0. The number of carbonyl (C=O) groups excluding carboxylic acids is 2. The molecule has 1 aliphatic rings. The summed E-state index contributed by atoms with van der Waals surface area (Å²) in [6.07, 6.45) is -5.47. The lowest BCUT2D eigenvalue weighted by Crippen LogP contribution is -2.55. The van der Waals surface area contributed by atoms with Crippen molar-refractivity contribution < 1.29 is 132 Å². The Morgan fingerprint density at radius 3 is 1.25 bits per heavy atom. The van der Waals surface area contributed by atoms with E-state index in [-0.39, 0.29) is 86.4 Å². The zero-order valence-electron chi connectivity index (χ0n) is 77.9. The second kappa shape index (κ2) is 54.6. The number of aromatic amines is 2. The summed E-state index contributed by atoms with van der Waals surface area (Å²) >= 11 is 0.451. The molecule has 51 heteroatoms. The number of rotatable bonds is 27. The van der Waals surface area contributed by atoms with Crippen molar-refractivity contribution >= 4 is 152 Å². The number of aromatic nitrogens is 2. The van der Waals surface area contributed by atoms with Crippen molar-refractivity contribution in [3.8, 4) is 17.2 Å². The number of carbonyl (C=O) groups is 4. The van der Waals surface area contributed by atoms with Crippen molar-refractivity contribution in [2.24, 2.45) is 82.3 Å². The van der Waals surface area contributed by atoms with E-state index in [2.05, 4.69) is 96.4 Å². The van der Waals surface area contributed by atoms with E-state index in [9.17, 15) is 132 Å². The summed E-state index contributed by atoms with van der Waals surface area (Å²) in [4.78, 5) is 115. The number of carboxylic acids is 2. The zero-order valence-corrected chi connectivity index (χ0v) is 78.7. The molecule has 7 aromatic rings. The topological polar surface area (TPSA) is 877 Å². The molecular weight excluding hydrogens is 1890 g/mol. The van der Waals surface area contributed by atoms with Gasteiger partial charge in [-0.25, -0.2) is 80.5 Å². The van der Waals surface area contributed by atoms with Crippen LogP contribution >= 0.6 is 11.8 Å². The fourth-order valence-corrected chi connectivity index (χ4v) is 15.2. The minimum atomic E-state index is -2.10. The fourth-order valence-electron chi connectivity index (χ4n) is 14.3. The number of guanidine groups is 2. The third kappa shape index (κ3) is 35.5. The number of para-hydroxylation sites is 2. The number of fused-ring (bicyclic) bond motifs is 2. The number of thioether (sulfide) groups is 1. The van der Waals surface area contributed by atoms with Crippen LogP contribution in [0.2, 0.25) is 0 Å². The number of nitrogens with one attached hydrogen (secondary N) is 9. The number of hydrogen-bond acceptors (Lipinski definition) is 29. The quantitative estimate of drug-likeness (QED) is 0.0135. The molecule has 2 aromatic heterocycles. The Labute approximate surface area is 820 Å². The molecule has 50 nitrogen and oxygen atoms in total. The number of benzene rings is 5. The van der Waals surface area contributed by atoms with Gasteiger partial charge in [-0.15, -0.1) is 0 Å². The number of nitrogens with zero attached hydrogens (tertiary/aromatic N) is 13. The van der Waals surface area contributed by atoms with Crippen molar-refractivity contribution in [3.05, 3.63) is 162 Å². The third-order valence-corrected chi connectivity index (χ3v) is 22.8. The van der Waals surface area contributed by atoms with E-state index in [0.717, 1.165) is 13.8 Å². The van der Waals surface area contributed by atoms with E-state index in [1.807, 2.05) is 0 Å². The number of aliphatic carboxylic acids is 2. The highest BCUT2D eigenvalue weighted by Gasteiger charge is 2.37. The van der Waals surface area contributed by atoms with Crippen LogP contribution in [0.1, 0.15) is 94.0 Å². The van der Waals surface area contributed by atoms with E-state index in [1.165, 1.54) is 86.6 Å². The van der Waals surface area contributed by atoms with E-state index in [4.69, 9.17) is 27.7 Å². The number of nitrogens with two attached hydrogens (primary N) is 2. The minimum Gasteiger partial charge on any atom is -0.508 e. The van der Waals surface area contributed by atoms with Gasteiger partial charge in [-0.1, -0.05) is 86.6 Å². The van der Waals surface area contributed by atoms with Crippen LogP contribution in [0.25, 0.3) is 21.8 Å². The molecule has 0 spiro atoms. The molecule has 0 aliphatic carbocycles. The van der Waals surface area contributed by atoms with Crippen LogP contribution in [0.4, 0.5) is 0 Å². The Hall–Kier alpha value is -15.9. The number of aliphatic imine (C=N–C) groups is 13. The summed E-state index contributed by atoms with van der Waals surface area (Å²) in [7, 11) is 0. The van der Waals surface area contributed by atoms with Crippen molar-refractivity contribution in [1.82, 2.24) is 31.5 Å². The molecule has 0 bridgehead atoms. The van der Waals surface area contributed by atoms with Gasteiger partial charge in [0.15, 0.2) is 42.0 Å². The minimum absolute atomic E-state index is 0.0185. The molecule has 143 heavy (non-hydrogen) atoms.